The minimum Gasteiger partial charge on any atom is -0.453 e. The van der Waals surface area contributed by atoms with E-state index in [9.17, 15) is 4.79 Å². The van der Waals surface area contributed by atoms with Crippen molar-refractivity contribution in [3.63, 3.8) is 0 Å². The smallest absolute Gasteiger partial charge is 0.411 e. The number of anilines is 1. The van der Waals surface area contributed by atoms with Crippen LogP contribution >= 0.6 is 11.3 Å². The van der Waals surface area contributed by atoms with Crippen LogP contribution in [0.15, 0.2) is 0 Å². The highest BCUT2D eigenvalue weighted by molar-refractivity contribution is 7.16. The summed E-state index contributed by atoms with van der Waals surface area (Å²) >= 11 is 1.37. The first-order chi connectivity index (χ1) is 6.60. The van der Waals surface area contributed by atoms with Gasteiger partial charge in [0.2, 0.25) is 0 Å². The maximum atomic E-state index is 10.9. The minimum atomic E-state index is -0.553. The van der Waals surface area contributed by atoms with Crippen LogP contribution in [0.3, 0.4) is 0 Å². The molecule has 14 heavy (non-hydrogen) atoms. The number of ether oxygens (including phenoxy) is 1. The van der Waals surface area contributed by atoms with Gasteiger partial charge in [-0.1, -0.05) is 0 Å². The highest BCUT2D eigenvalue weighted by Gasteiger charge is 2.14. The van der Waals surface area contributed by atoms with Crippen LogP contribution in [0, 0.1) is 25.2 Å². The second kappa shape index (κ2) is 4.11. The molecule has 0 saturated carbocycles. The van der Waals surface area contributed by atoms with Crippen LogP contribution in [-0.2, 0) is 4.74 Å². The Bertz CT molecular complexity index is 404. The van der Waals surface area contributed by atoms with Crippen molar-refractivity contribution < 1.29 is 9.53 Å². The van der Waals surface area contributed by atoms with Crippen LogP contribution in [0.2, 0.25) is 0 Å². The first-order valence-electron chi connectivity index (χ1n) is 3.95. The number of nitrogens with zero attached hydrogens (tertiary/aromatic N) is 1. The average Bonchev–Trinajstić information content (AvgIpc) is 2.42. The van der Waals surface area contributed by atoms with Crippen molar-refractivity contribution >= 4 is 22.4 Å². The Morgan fingerprint density at radius 2 is 2.21 bits per heavy atom. The molecule has 0 aliphatic rings. The molecule has 1 rings (SSSR count). The van der Waals surface area contributed by atoms with E-state index < -0.39 is 6.09 Å². The summed E-state index contributed by atoms with van der Waals surface area (Å²) in [4.78, 5) is 12.0. The quantitative estimate of drug-likeness (QED) is 0.774. The lowest BCUT2D eigenvalue weighted by Gasteiger charge is -1.99. The van der Waals surface area contributed by atoms with Gasteiger partial charge in [0, 0.05) is 4.88 Å². The van der Waals surface area contributed by atoms with E-state index in [4.69, 9.17) is 5.26 Å². The van der Waals surface area contributed by atoms with Crippen LogP contribution in [0.25, 0.3) is 0 Å². The van der Waals surface area contributed by atoms with Gasteiger partial charge in [-0.2, -0.15) is 5.26 Å². The third kappa shape index (κ3) is 1.86. The summed E-state index contributed by atoms with van der Waals surface area (Å²) in [6.07, 6.45) is -0.553. The molecule has 0 aliphatic carbocycles. The number of hydrogen-bond acceptors (Lipinski definition) is 4. The summed E-state index contributed by atoms with van der Waals surface area (Å²) in [5, 5.41) is 11.9. The Labute approximate surface area is 86.1 Å². The molecule has 0 bridgehead atoms. The number of aryl methyl sites for hydroxylation is 1. The number of carbonyl (C=O) groups is 1. The van der Waals surface area contributed by atoms with Crippen molar-refractivity contribution in [2.45, 2.75) is 13.8 Å². The second-order valence-corrected chi connectivity index (χ2v) is 3.94. The van der Waals surface area contributed by atoms with Gasteiger partial charge in [0.15, 0.2) is 0 Å². The van der Waals surface area contributed by atoms with Crippen molar-refractivity contribution in [1.29, 1.82) is 5.26 Å². The van der Waals surface area contributed by atoms with Crippen molar-refractivity contribution in [2.24, 2.45) is 0 Å². The minimum absolute atomic E-state index is 0.512. The van der Waals surface area contributed by atoms with Gasteiger partial charge < -0.3 is 4.74 Å². The lowest BCUT2D eigenvalue weighted by atomic mass is 10.2. The lowest BCUT2D eigenvalue weighted by molar-refractivity contribution is 0.187. The van der Waals surface area contributed by atoms with Gasteiger partial charge in [-0.3, -0.25) is 5.32 Å². The molecule has 1 aromatic heterocycles. The largest absolute Gasteiger partial charge is 0.453 e. The van der Waals surface area contributed by atoms with Crippen LogP contribution in [-0.4, -0.2) is 13.2 Å². The van der Waals surface area contributed by atoms with Crippen molar-refractivity contribution in [1.82, 2.24) is 0 Å². The Balaban J connectivity index is 3.04. The van der Waals surface area contributed by atoms with Gasteiger partial charge in [-0.15, -0.1) is 11.3 Å². The van der Waals surface area contributed by atoms with E-state index in [0.29, 0.717) is 10.6 Å². The Morgan fingerprint density at radius 1 is 1.57 bits per heavy atom. The molecule has 5 heteroatoms. The topological polar surface area (TPSA) is 62.1 Å². The average molecular weight is 210 g/mol. The molecule has 0 aliphatic heterocycles. The molecule has 1 aromatic rings. The fraction of sp³-hybridized carbons (Fsp3) is 0.333. The maximum Gasteiger partial charge on any atom is 0.411 e. The number of rotatable bonds is 1. The zero-order valence-corrected chi connectivity index (χ0v) is 8.99. The van der Waals surface area contributed by atoms with Crippen molar-refractivity contribution in [2.75, 3.05) is 12.4 Å². The third-order valence-electron chi connectivity index (χ3n) is 1.90. The van der Waals surface area contributed by atoms with Gasteiger partial charge in [-0.05, 0) is 19.4 Å². The standard InChI is InChI=1S/C9H10N2O2S/c1-5-6(2)14-8(7(5)4-10)11-9(12)13-3/h1-3H3,(H,11,12). The van der Waals surface area contributed by atoms with E-state index in [2.05, 4.69) is 16.1 Å². The number of carbonyl (C=O) groups excluding carboxylic acids is 1. The lowest BCUT2D eigenvalue weighted by Crippen LogP contribution is -2.10. The number of amides is 1. The molecule has 0 atom stereocenters. The van der Waals surface area contributed by atoms with Gasteiger partial charge in [-0.25, -0.2) is 4.79 Å². The van der Waals surface area contributed by atoms with Crippen LogP contribution in [0.5, 0.6) is 0 Å². The van der Waals surface area contributed by atoms with E-state index in [0.717, 1.165) is 10.4 Å². The highest BCUT2D eigenvalue weighted by Crippen LogP contribution is 2.31. The Morgan fingerprint density at radius 3 is 2.71 bits per heavy atom. The normalized spacial score (nSPS) is 9.29. The first kappa shape index (κ1) is 10.5. The summed E-state index contributed by atoms with van der Waals surface area (Å²) in [6.45, 7) is 3.76. The van der Waals surface area contributed by atoms with Gasteiger partial charge in [0.1, 0.15) is 11.1 Å². The van der Waals surface area contributed by atoms with E-state index in [1.165, 1.54) is 18.4 Å². The van der Waals surface area contributed by atoms with E-state index in [-0.39, 0.29) is 0 Å². The number of methoxy groups -OCH3 is 1. The van der Waals surface area contributed by atoms with Gasteiger partial charge >= 0.3 is 6.09 Å². The van der Waals surface area contributed by atoms with Crippen molar-refractivity contribution in [3.05, 3.63) is 16.0 Å². The van der Waals surface area contributed by atoms with E-state index in [1.807, 2.05) is 13.8 Å². The zero-order valence-electron chi connectivity index (χ0n) is 8.17. The third-order valence-corrected chi connectivity index (χ3v) is 3.02. The predicted molar refractivity (Wildman–Crippen MR) is 54.5 cm³/mol. The zero-order chi connectivity index (χ0) is 10.7. The fourth-order valence-electron chi connectivity index (χ4n) is 0.993. The molecule has 1 amide bonds. The highest BCUT2D eigenvalue weighted by atomic mass is 32.1. The summed E-state index contributed by atoms with van der Waals surface area (Å²) in [5.41, 5.74) is 1.42. The van der Waals surface area contributed by atoms with Crippen LogP contribution in [0.1, 0.15) is 16.0 Å². The summed E-state index contributed by atoms with van der Waals surface area (Å²) in [7, 11) is 1.29. The number of hydrogen-bond donors (Lipinski definition) is 1. The number of nitrogens with one attached hydrogen (secondary N) is 1. The molecule has 4 nitrogen and oxygen atoms in total. The van der Waals surface area contributed by atoms with Crippen LogP contribution in [0.4, 0.5) is 9.80 Å². The molecule has 1 N–H and O–H groups in total. The number of nitriles is 1. The Hall–Kier alpha value is -1.54. The first-order valence-corrected chi connectivity index (χ1v) is 4.76. The van der Waals surface area contributed by atoms with Crippen molar-refractivity contribution in [3.8, 4) is 6.07 Å². The molecule has 74 valence electrons. The molecule has 0 spiro atoms. The van der Waals surface area contributed by atoms with E-state index >= 15 is 0 Å². The Kier molecular flexibility index (Phi) is 3.10. The SMILES string of the molecule is COC(=O)Nc1sc(C)c(C)c1C#N. The molecule has 0 fully saturated rings. The summed E-state index contributed by atoms with van der Waals surface area (Å²) in [5.74, 6) is 0. The monoisotopic (exact) mass is 210 g/mol. The molecule has 0 aromatic carbocycles. The van der Waals surface area contributed by atoms with Gasteiger partial charge in [0.05, 0.1) is 12.7 Å². The summed E-state index contributed by atoms with van der Waals surface area (Å²) in [6, 6.07) is 2.05. The molecular weight excluding hydrogens is 200 g/mol. The molecule has 0 saturated heterocycles. The van der Waals surface area contributed by atoms with Gasteiger partial charge in [0.25, 0.3) is 0 Å². The molecule has 0 unspecified atom stereocenters. The van der Waals surface area contributed by atoms with E-state index in [1.54, 1.807) is 0 Å². The molecule has 0 radical (unpaired) electrons. The number of thiophene rings is 1. The van der Waals surface area contributed by atoms with Crippen LogP contribution < -0.4 is 5.32 Å². The second-order valence-electron chi connectivity index (χ2n) is 2.72. The molecular formula is C9H10N2O2S. The summed E-state index contributed by atoms with van der Waals surface area (Å²) < 4.78 is 4.45. The molecule has 1 heterocycles. The maximum absolute atomic E-state index is 10.9. The fourth-order valence-corrected chi connectivity index (χ4v) is 1.99. The predicted octanol–water partition coefficient (Wildman–Crippen LogP) is 2.41.